The van der Waals surface area contributed by atoms with Gasteiger partial charge in [0.1, 0.15) is 12.4 Å². The second-order valence-electron chi connectivity index (χ2n) is 5.31. The lowest BCUT2D eigenvalue weighted by atomic mass is 10.0. The Labute approximate surface area is 124 Å². The first-order chi connectivity index (χ1) is 10.2. The summed E-state index contributed by atoms with van der Waals surface area (Å²) in [6.07, 6.45) is 6.59. The van der Waals surface area contributed by atoms with Gasteiger partial charge in [-0.1, -0.05) is 37.5 Å². The fourth-order valence-electron chi connectivity index (χ4n) is 2.63. The van der Waals surface area contributed by atoms with Crippen LogP contribution in [0.4, 0.5) is 4.39 Å². The lowest BCUT2D eigenvalue weighted by molar-refractivity contribution is 0.0932. The number of carbonyl (C=O) groups excluding carboxylic acids is 1. The predicted molar refractivity (Wildman–Crippen MR) is 79.3 cm³/mol. The van der Waals surface area contributed by atoms with Crippen LogP contribution < -0.4 is 5.32 Å². The highest BCUT2D eigenvalue weighted by atomic mass is 19.1. The van der Waals surface area contributed by atoms with Crippen LogP contribution in [-0.2, 0) is 0 Å². The molecule has 0 heterocycles. The number of hydrogen-bond acceptors (Lipinski definition) is 2. The van der Waals surface area contributed by atoms with E-state index in [0.29, 0.717) is 5.56 Å². The number of halogens is 1. The third kappa shape index (κ3) is 4.57. The molecule has 1 aromatic carbocycles. The van der Waals surface area contributed by atoms with Crippen molar-refractivity contribution >= 4 is 5.91 Å². The Balaban J connectivity index is 2.15. The summed E-state index contributed by atoms with van der Waals surface area (Å²) in [7, 11) is 0. The summed E-state index contributed by atoms with van der Waals surface area (Å²) in [5.74, 6) is 4.44. The van der Waals surface area contributed by atoms with Crippen molar-refractivity contribution in [3.63, 3.8) is 0 Å². The van der Waals surface area contributed by atoms with Gasteiger partial charge in [-0.05, 0) is 31.0 Å². The average Bonchev–Trinajstić information content (AvgIpc) is 2.74. The molecule has 21 heavy (non-hydrogen) atoms. The van der Waals surface area contributed by atoms with E-state index >= 15 is 0 Å². The Morgan fingerprint density at radius 2 is 2.00 bits per heavy atom. The number of hydrogen-bond donors (Lipinski definition) is 2. The van der Waals surface area contributed by atoms with Crippen LogP contribution >= 0.6 is 0 Å². The zero-order valence-electron chi connectivity index (χ0n) is 12.0. The summed E-state index contributed by atoms with van der Waals surface area (Å²) in [6.45, 7) is -0.291. The van der Waals surface area contributed by atoms with Crippen LogP contribution in [-0.4, -0.2) is 23.7 Å². The molecule has 1 aromatic rings. The fourth-order valence-corrected chi connectivity index (χ4v) is 2.63. The minimum absolute atomic E-state index is 0.155. The van der Waals surface area contributed by atoms with Gasteiger partial charge in [0.05, 0.1) is 5.56 Å². The Hall–Kier alpha value is -1.86. The minimum atomic E-state index is -0.462. The van der Waals surface area contributed by atoms with Crippen molar-refractivity contribution in [3.05, 3.63) is 35.1 Å². The van der Waals surface area contributed by atoms with Gasteiger partial charge in [0, 0.05) is 11.6 Å². The molecule has 4 heteroatoms. The number of aliphatic hydroxyl groups excluding tert-OH is 1. The minimum Gasteiger partial charge on any atom is -0.384 e. The second kappa shape index (κ2) is 7.80. The monoisotopic (exact) mass is 289 g/mol. The molecule has 0 saturated heterocycles. The highest BCUT2D eigenvalue weighted by molar-refractivity contribution is 5.96. The molecule has 0 aliphatic heterocycles. The molecule has 0 spiro atoms. The van der Waals surface area contributed by atoms with Crippen molar-refractivity contribution in [2.75, 3.05) is 6.61 Å². The van der Waals surface area contributed by atoms with E-state index in [1.54, 1.807) is 0 Å². The Kier molecular flexibility index (Phi) is 5.77. The first-order valence-corrected chi connectivity index (χ1v) is 7.41. The van der Waals surface area contributed by atoms with Gasteiger partial charge in [-0.25, -0.2) is 4.39 Å². The van der Waals surface area contributed by atoms with Crippen molar-refractivity contribution in [2.24, 2.45) is 0 Å². The first kappa shape index (κ1) is 15.5. The lowest BCUT2D eigenvalue weighted by Crippen LogP contribution is -2.34. The van der Waals surface area contributed by atoms with Crippen molar-refractivity contribution < 1.29 is 14.3 Å². The van der Waals surface area contributed by atoms with Gasteiger partial charge in [-0.15, -0.1) is 0 Å². The van der Waals surface area contributed by atoms with E-state index in [-0.39, 0.29) is 24.1 Å². The summed E-state index contributed by atoms with van der Waals surface area (Å²) in [5.41, 5.74) is 0.678. The number of carbonyl (C=O) groups is 1. The van der Waals surface area contributed by atoms with Crippen molar-refractivity contribution in [3.8, 4) is 11.8 Å². The average molecular weight is 289 g/mol. The molecule has 1 aliphatic carbocycles. The first-order valence-electron chi connectivity index (χ1n) is 7.41. The molecule has 0 atom stereocenters. The van der Waals surface area contributed by atoms with Crippen LogP contribution in [0.15, 0.2) is 18.2 Å². The molecule has 1 amide bonds. The maximum atomic E-state index is 13.4. The molecule has 0 bridgehead atoms. The summed E-state index contributed by atoms with van der Waals surface area (Å²) in [6, 6.07) is 4.10. The smallest absolute Gasteiger partial charge is 0.252 e. The number of aliphatic hydroxyl groups is 1. The number of benzene rings is 1. The summed E-state index contributed by atoms with van der Waals surface area (Å²) < 4.78 is 13.4. The Morgan fingerprint density at radius 1 is 1.29 bits per heavy atom. The summed E-state index contributed by atoms with van der Waals surface area (Å²) in [5, 5.41) is 11.7. The quantitative estimate of drug-likeness (QED) is 0.649. The molecule has 2 N–H and O–H groups in total. The highest BCUT2D eigenvalue weighted by Crippen LogP contribution is 2.18. The van der Waals surface area contributed by atoms with E-state index in [1.807, 2.05) is 0 Å². The van der Waals surface area contributed by atoms with Gasteiger partial charge in [0.25, 0.3) is 5.91 Å². The number of nitrogens with one attached hydrogen (secondary N) is 1. The van der Waals surface area contributed by atoms with Gasteiger partial charge in [0.2, 0.25) is 0 Å². The second-order valence-corrected chi connectivity index (χ2v) is 5.31. The fraction of sp³-hybridized carbons (Fsp3) is 0.471. The topological polar surface area (TPSA) is 49.3 Å². The maximum Gasteiger partial charge on any atom is 0.252 e. The predicted octanol–water partition coefficient (Wildman–Crippen LogP) is 2.62. The molecular weight excluding hydrogens is 269 g/mol. The summed E-state index contributed by atoms with van der Waals surface area (Å²) >= 11 is 0. The largest absolute Gasteiger partial charge is 0.384 e. The third-order valence-corrected chi connectivity index (χ3v) is 3.72. The normalized spacial score (nSPS) is 15.7. The van der Waals surface area contributed by atoms with Crippen molar-refractivity contribution in [1.82, 2.24) is 5.32 Å². The lowest BCUT2D eigenvalue weighted by Gasteiger charge is -2.16. The maximum absolute atomic E-state index is 13.4. The Bertz CT molecular complexity index is 552. The SMILES string of the molecule is O=C(NC1CCCCCC1)c1cc(F)ccc1C#CCO. The molecule has 2 rings (SSSR count). The van der Waals surface area contributed by atoms with Crippen LogP contribution in [0.1, 0.15) is 54.4 Å². The van der Waals surface area contributed by atoms with E-state index < -0.39 is 5.82 Å². The molecule has 1 fully saturated rings. The van der Waals surface area contributed by atoms with Gasteiger partial charge in [-0.3, -0.25) is 4.79 Å². The van der Waals surface area contributed by atoms with Gasteiger partial charge < -0.3 is 10.4 Å². The zero-order chi connectivity index (χ0) is 15.1. The van der Waals surface area contributed by atoms with Crippen LogP contribution in [0.3, 0.4) is 0 Å². The highest BCUT2D eigenvalue weighted by Gasteiger charge is 2.18. The molecular formula is C17H20FNO2. The van der Waals surface area contributed by atoms with Crippen LogP contribution in [0.25, 0.3) is 0 Å². The third-order valence-electron chi connectivity index (χ3n) is 3.72. The molecule has 0 unspecified atom stereocenters. The van der Waals surface area contributed by atoms with Gasteiger partial charge >= 0.3 is 0 Å². The van der Waals surface area contributed by atoms with Crippen LogP contribution in [0.5, 0.6) is 0 Å². The number of amides is 1. The van der Waals surface area contributed by atoms with E-state index in [1.165, 1.54) is 31.0 Å². The standard InChI is InChI=1S/C17H20FNO2/c18-14-10-9-13(6-5-11-20)16(12-14)17(21)19-15-7-3-1-2-4-8-15/h9-10,12,15,20H,1-4,7-8,11H2,(H,19,21). The van der Waals surface area contributed by atoms with Gasteiger partial charge in [0.15, 0.2) is 0 Å². The molecule has 1 aliphatic rings. The molecule has 1 saturated carbocycles. The van der Waals surface area contributed by atoms with E-state index in [0.717, 1.165) is 25.7 Å². The van der Waals surface area contributed by atoms with Crippen LogP contribution in [0.2, 0.25) is 0 Å². The van der Waals surface area contributed by atoms with Crippen molar-refractivity contribution in [2.45, 2.75) is 44.6 Å². The van der Waals surface area contributed by atoms with Crippen molar-refractivity contribution in [1.29, 1.82) is 0 Å². The number of rotatable bonds is 2. The van der Waals surface area contributed by atoms with Crippen LogP contribution in [0, 0.1) is 17.7 Å². The van der Waals surface area contributed by atoms with E-state index in [4.69, 9.17) is 5.11 Å². The molecule has 112 valence electrons. The molecule has 0 aromatic heterocycles. The summed E-state index contributed by atoms with van der Waals surface area (Å²) in [4.78, 5) is 12.4. The van der Waals surface area contributed by atoms with E-state index in [9.17, 15) is 9.18 Å². The van der Waals surface area contributed by atoms with Gasteiger partial charge in [-0.2, -0.15) is 0 Å². The Morgan fingerprint density at radius 3 is 2.67 bits per heavy atom. The zero-order valence-corrected chi connectivity index (χ0v) is 12.0. The molecule has 3 nitrogen and oxygen atoms in total. The van der Waals surface area contributed by atoms with E-state index in [2.05, 4.69) is 17.2 Å². The molecule has 0 radical (unpaired) electrons.